The molecule has 0 radical (unpaired) electrons. The van der Waals surface area contributed by atoms with E-state index in [1.807, 2.05) is 0 Å². The maximum atomic E-state index is 9.94. The van der Waals surface area contributed by atoms with Crippen LogP contribution in [0, 0.1) is 0 Å². The van der Waals surface area contributed by atoms with E-state index in [-0.39, 0.29) is 6.61 Å². The Morgan fingerprint density at radius 1 is 1.14 bits per heavy atom. The van der Waals surface area contributed by atoms with Gasteiger partial charge in [-0.25, -0.2) is 0 Å². The highest BCUT2D eigenvalue weighted by Gasteiger charge is 2.27. The molecule has 6 nitrogen and oxygen atoms in total. The fourth-order valence-corrected chi connectivity index (χ4v) is 2.03. The average Bonchev–Trinajstić information content (AvgIpc) is 2.56. The zero-order chi connectivity index (χ0) is 16.7. The number of ether oxygens (including phenoxy) is 2. The Balaban J connectivity index is 2.88. The topological polar surface area (TPSA) is 99.4 Å². The molecule has 0 amide bonds. The lowest BCUT2D eigenvalue weighted by Gasteiger charge is -2.25. The van der Waals surface area contributed by atoms with Gasteiger partial charge in [-0.1, -0.05) is 24.3 Å². The highest BCUT2D eigenvalue weighted by atomic mass is 16.5. The van der Waals surface area contributed by atoms with Crippen molar-refractivity contribution in [3.05, 3.63) is 35.4 Å². The van der Waals surface area contributed by atoms with E-state index in [9.17, 15) is 20.4 Å². The molecule has 4 N–H and O–H groups in total. The first-order valence-corrected chi connectivity index (χ1v) is 6.98. The molecule has 22 heavy (non-hydrogen) atoms. The summed E-state index contributed by atoms with van der Waals surface area (Å²) in [6, 6.07) is 5.22. The van der Waals surface area contributed by atoms with E-state index < -0.39 is 24.4 Å². The van der Waals surface area contributed by atoms with Crippen LogP contribution in [0.15, 0.2) is 24.3 Å². The van der Waals surface area contributed by atoms with E-state index in [1.54, 1.807) is 31.2 Å². The highest BCUT2D eigenvalue weighted by molar-refractivity contribution is 5.58. The van der Waals surface area contributed by atoms with E-state index >= 15 is 0 Å². The van der Waals surface area contributed by atoms with Crippen molar-refractivity contribution in [2.75, 3.05) is 14.2 Å². The predicted octanol–water partition coefficient (Wildman–Crippen LogP) is 0.318. The largest absolute Gasteiger partial charge is 0.496 e. The number of aliphatic hydroxyl groups excluding tert-OH is 4. The van der Waals surface area contributed by atoms with Gasteiger partial charge in [0.15, 0.2) is 0 Å². The van der Waals surface area contributed by atoms with Crippen molar-refractivity contribution < 1.29 is 29.9 Å². The molecule has 0 unspecified atom stereocenters. The third kappa shape index (κ3) is 4.53. The van der Waals surface area contributed by atoms with Gasteiger partial charge in [0.1, 0.15) is 24.1 Å². The summed E-state index contributed by atoms with van der Waals surface area (Å²) in [5.41, 5.74) is 1.23. The molecule has 124 valence electrons. The minimum Gasteiger partial charge on any atom is -0.496 e. The van der Waals surface area contributed by atoms with Gasteiger partial charge in [-0.3, -0.25) is 0 Å². The second kappa shape index (κ2) is 8.87. The summed E-state index contributed by atoms with van der Waals surface area (Å²) >= 11 is 0. The zero-order valence-electron chi connectivity index (χ0n) is 13.0. The Bertz CT molecular complexity index is 488. The second-order valence-electron chi connectivity index (χ2n) is 4.96. The van der Waals surface area contributed by atoms with Crippen molar-refractivity contribution in [3.8, 4) is 5.75 Å². The molecular formula is C16H24O6. The third-order valence-corrected chi connectivity index (χ3v) is 3.57. The summed E-state index contributed by atoms with van der Waals surface area (Å²) in [5, 5.41) is 39.0. The van der Waals surface area contributed by atoms with Crippen molar-refractivity contribution in [2.45, 2.75) is 37.9 Å². The molecule has 0 spiro atoms. The lowest BCUT2D eigenvalue weighted by atomic mass is 10.0. The predicted molar refractivity (Wildman–Crippen MR) is 82.4 cm³/mol. The standard InChI is InChI=1S/C16H24O6/c1-10(21-2)15(19)16(20)13(18)8-7-11-5-4-6-14(22-3)12(11)9-17/h4-8,10,13,15-20H,9H2,1-3H3/b8-7+/t10-,13+,15+,16+/m0/s1. The Hall–Kier alpha value is -1.44. The van der Waals surface area contributed by atoms with Gasteiger partial charge in [-0.15, -0.1) is 0 Å². The second-order valence-corrected chi connectivity index (χ2v) is 4.96. The quantitative estimate of drug-likeness (QED) is 0.552. The third-order valence-electron chi connectivity index (χ3n) is 3.57. The van der Waals surface area contributed by atoms with Crippen molar-refractivity contribution >= 4 is 6.08 Å². The molecule has 0 aromatic heterocycles. The summed E-state index contributed by atoms with van der Waals surface area (Å²) in [7, 11) is 2.91. The molecule has 1 aromatic rings. The van der Waals surface area contributed by atoms with E-state index in [1.165, 1.54) is 20.3 Å². The molecule has 1 rings (SSSR count). The van der Waals surface area contributed by atoms with Gasteiger partial charge in [-0.05, 0) is 18.6 Å². The number of methoxy groups -OCH3 is 2. The Kier molecular flexibility index (Phi) is 7.50. The zero-order valence-corrected chi connectivity index (χ0v) is 13.0. The minimum absolute atomic E-state index is 0.217. The first kappa shape index (κ1) is 18.6. The van der Waals surface area contributed by atoms with Crippen LogP contribution in [0.4, 0.5) is 0 Å². The van der Waals surface area contributed by atoms with Crippen LogP contribution in [0.2, 0.25) is 0 Å². The molecule has 4 atom stereocenters. The molecule has 6 heteroatoms. The van der Waals surface area contributed by atoms with E-state index in [2.05, 4.69) is 0 Å². The number of rotatable bonds is 8. The minimum atomic E-state index is -1.38. The maximum absolute atomic E-state index is 9.94. The molecule has 0 aliphatic heterocycles. The Morgan fingerprint density at radius 2 is 1.82 bits per heavy atom. The van der Waals surface area contributed by atoms with Crippen LogP contribution < -0.4 is 4.74 Å². The SMILES string of the molecule is COc1cccc(/C=C/[C@@H](O)[C@@H](O)[C@H](O)[C@H](C)OC)c1CO. The Labute approximate surface area is 130 Å². The number of aliphatic hydroxyl groups is 4. The lowest BCUT2D eigenvalue weighted by Crippen LogP contribution is -2.43. The smallest absolute Gasteiger partial charge is 0.124 e. The van der Waals surface area contributed by atoms with Crippen LogP contribution in [0.5, 0.6) is 5.75 Å². The number of hydrogen-bond acceptors (Lipinski definition) is 6. The van der Waals surface area contributed by atoms with Crippen LogP contribution in [0.25, 0.3) is 6.08 Å². The molecule has 0 fully saturated rings. The summed E-state index contributed by atoms with van der Waals surface area (Å²) in [5.74, 6) is 0.535. The van der Waals surface area contributed by atoms with Crippen LogP contribution in [0.1, 0.15) is 18.1 Å². The molecule has 0 saturated heterocycles. The molecule has 1 aromatic carbocycles. The average molecular weight is 312 g/mol. The number of hydrogen-bond donors (Lipinski definition) is 4. The van der Waals surface area contributed by atoms with Gasteiger partial charge in [-0.2, -0.15) is 0 Å². The van der Waals surface area contributed by atoms with Crippen LogP contribution in [0.3, 0.4) is 0 Å². The van der Waals surface area contributed by atoms with E-state index in [4.69, 9.17) is 9.47 Å². The van der Waals surface area contributed by atoms with Crippen LogP contribution >= 0.6 is 0 Å². The van der Waals surface area contributed by atoms with Crippen molar-refractivity contribution in [1.29, 1.82) is 0 Å². The number of benzene rings is 1. The van der Waals surface area contributed by atoms with Gasteiger partial charge in [0.05, 0.1) is 19.8 Å². The first-order chi connectivity index (χ1) is 10.5. The van der Waals surface area contributed by atoms with E-state index in [0.717, 1.165) is 0 Å². The molecule has 0 aliphatic rings. The summed E-state index contributed by atoms with van der Waals surface area (Å²) < 4.78 is 10.1. The van der Waals surface area contributed by atoms with Gasteiger partial charge < -0.3 is 29.9 Å². The summed E-state index contributed by atoms with van der Waals surface area (Å²) in [4.78, 5) is 0. The van der Waals surface area contributed by atoms with Crippen molar-refractivity contribution in [2.24, 2.45) is 0 Å². The molecule has 0 aliphatic carbocycles. The van der Waals surface area contributed by atoms with E-state index in [0.29, 0.717) is 16.9 Å². The van der Waals surface area contributed by atoms with Crippen LogP contribution in [-0.4, -0.2) is 59.1 Å². The van der Waals surface area contributed by atoms with Gasteiger partial charge >= 0.3 is 0 Å². The van der Waals surface area contributed by atoms with Crippen LogP contribution in [-0.2, 0) is 11.3 Å². The Morgan fingerprint density at radius 3 is 2.36 bits per heavy atom. The normalized spacial score (nSPS) is 17.2. The van der Waals surface area contributed by atoms with Gasteiger partial charge in [0.2, 0.25) is 0 Å². The van der Waals surface area contributed by atoms with Crippen molar-refractivity contribution in [1.82, 2.24) is 0 Å². The van der Waals surface area contributed by atoms with Gasteiger partial charge in [0, 0.05) is 12.7 Å². The molecule has 0 bridgehead atoms. The fraction of sp³-hybridized carbons (Fsp3) is 0.500. The first-order valence-electron chi connectivity index (χ1n) is 6.98. The monoisotopic (exact) mass is 312 g/mol. The lowest BCUT2D eigenvalue weighted by molar-refractivity contribution is -0.0979. The molecule has 0 heterocycles. The van der Waals surface area contributed by atoms with Gasteiger partial charge in [0.25, 0.3) is 0 Å². The summed E-state index contributed by atoms with van der Waals surface area (Å²) in [6.07, 6.45) is -1.56. The summed E-state index contributed by atoms with van der Waals surface area (Å²) in [6.45, 7) is 1.38. The highest BCUT2D eigenvalue weighted by Crippen LogP contribution is 2.23. The molecular weight excluding hydrogens is 288 g/mol. The fourth-order valence-electron chi connectivity index (χ4n) is 2.03. The van der Waals surface area contributed by atoms with Crippen molar-refractivity contribution in [3.63, 3.8) is 0 Å². The molecule has 0 saturated carbocycles. The maximum Gasteiger partial charge on any atom is 0.124 e.